The smallest absolute Gasteiger partial charge is 0.0593 e. The van der Waals surface area contributed by atoms with Gasteiger partial charge in [-0.2, -0.15) is 0 Å². The van der Waals surface area contributed by atoms with Gasteiger partial charge in [0.2, 0.25) is 0 Å². The Kier molecular flexibility index (Phi) is 6.15. The highest BCUT2D eigenvalue weighted by Crippen LogP contribution is 2.09. The van der Waals surface area contributed by atoms with Crippen molar-refractivity contribution in [1.82, 2.24) is 4.90 Å². The third-order valence-electron chi connectivity index (χ3n) is 2.79. The number of nitrogens with two attached hydrogens (primary N) is 1. The van der Waals surface area contributed by atoms with Gasteiger partial charge in [0.15, 0.2) is 0 Å². The average molecular weight is 200 g/mol. The van der Waals surface area contributed by atoms with Crippen molar-refractivity contribution in [2.45, 2.75) is 26.2 Å². The lowest BCUT2D eigenvalue weighted by atomic mass is 10.1. The molecule has 1 rings (SSSR count). The summed E-state index contributed by atoms with van der Waals surface area (Å²) in [6.45, 7) is 8.51. The van der Waals surface area contributed by atoms with E-state index in [4.69, 9.17) is 10.5 Å². The number of hydrogen-bond donors (Lipinski definition) is 1. The van der Waals surface area contributed by atoms with Gasteiger partial charge in [0.05, 0.1) is 6.61 Å². The van der Waals surface area contributed by atoms with E-state index in [0.717, 1.165) is 38.6 Å². The van der Waals surface area contributed by atoms with Crippen molar-refractivity contribution in [2.75, 3.05) is 39.4 Å². The van der Waals surface area contributed by atoms with Crippen molar-refractivity contribution in [3.63, 3.8) is 0 Å². The van der Waals surface area contributed by atoms with Crippen molar-refractivity contribution < 1.29 is 4.74 Å². The zero-order valence-corrected chi connectivity index (χ0v) is 9.37. The maximum absolute atomic E-state index is 5.50. The Morgan fingerprint density at radius 3 is 3.00 bits per heavy atom. The van der Waals surface area contributed by atoms with Crippen molar-refractivity contribution in [2.24, 2.45) is 11.7 Å². The van der Waals surface area contributed by atoms with Crippen LogP contribution in [-0.2, 0) is 4.74 Å². The van der Waals surface area contributed by atoms with Crippen molar-refractivity contribution in [3.05, 3.63) is 0 Å². The fraction of sp³-hybridized carbons (Fsp3) is 1.00. The molecule has 0 aromatic heterocycles. The second-order valence-corrected chi connectivity index (χ2v) is 4.30. The highest BCUT2D eigenvalue weighted by Gasteiger charge is 2.11. The average Bonchev–Trinajstić information content (AvgIpc) is 2.43. The first kappa shape index (κ1) is 12.0. The van der Waals surface area contributed by atoms with E-state index in [-0.39, 0.29) is 0 Å². The standard InChI is InChI=1S/C11H24N2O/c1-11(4-2-5-12)10-13-6-3-8-14-9-7-13/h11H,2-10,12H2,1H3. The van der Waals surface area contributed by atoms with Crippen LogP contribution in [0.4, 0.5) is 0 Å². The molecule has 3 nitrogen and oxygen atoms in total. The minimum atomic E-state index is 0.775. The van der Waals surface area contributed by atoms with Crippen LogP contribution < -0.4 is 5.73 Å². The molecule has 84 valence electrons. The molecule has 1 fully saturated rings. The van der Waals surface area contributed by atoms with E-state index < -0.39 is 0 Å². The SMILES string of the molecule is CC(CCCN)CN1CCCOCC1. The monoisotopic (exact) mass is 200 g/mol. The van der Waals surface area contributed by atoms with Gasteiger partial charge in [-0.15, -0.1) is 0 Å². The van der Waals surface area contributed by atoms with Gasteiger partial charge in [0, 0.05) is 26.2 Å². The quantitative estimate of drug-likeness (QED) is 0.722. The second-order valence-electron chi connectivity index (χ2n) is 4.30. The van der Waals surface area contributed by atoms with E-state index in [2.05, 4.69) is 11.8 Å². The third kappa shape index (κ3) is 4.94. The minimum absolute atomic E-state index is 0.775. The first-order valence-corrected chi connectivity index (χ1v) is 5.83. The molecule has 0 amide bonds. The summed E-state index contributed by atoms with van der Waals surface area (Å²) in [5.74, 6) is 0.775. The molecule has 0 aromatic rings. The number of hydrogen-bond acceptors (Lipinski definition) is 3. The Hall–Kier alpha value is -0.120. The Bertz CT molecular complexity index is 133. The molecule has 0 aliphatic carbocycles. The molecule has 0 radical (unpaired) electrons. The Balaban J connectivity index is 2.13. The first-order valence-electron chi connectivity index (χ1n) is 5.83. The van der Waals surface area contributed by atoms with E-state index >= 15 is 0 Å². The van der Waals surface area contributed by atoms with E-state index in [1.54, 1.807) is 0 Å². The molecule has 0 aromatic carbocycles. The molecule has 3 heteroatoms. The molecule has 1 atom stereocenters. The summed E-state index contributed by atoms with van der Waals surface area (Å²) in [5, 5.41) is 0. The van der Waals surface area contributed by atoms with Gasteiger partial charge >= 0.3 is 0 Å². The molecule has 1 saturated heterocycles. The van der Waals surface area contributed by atoms with Gasteiger partial charge < -0.3 is 15.4 Å². The Morgan fingerprint density at radius 1 is 1.36 bits per heavy atom. The van der Waals surface area contributed by atoms with Crippen LogP contribution in [0.5, 0.6) is 0 Å². The van der Waals surface area contributed by atoms with Gasteiger partial charge in [-0.25, -0.2) is 0 Å². The van der Waals surface area contributed by atoms with Crippen LogP contribution in [-0.4, -0.2) is 44.3 Å². The topological polar surface area (TPSA) is 38.5 Å². The molecule has 1 aliphatic rings. The van der Waals surface area contributed by atoms with E-state index in [1.165, 1.54) is 25.9 Å². The molecular formula is C11H24N2O. The summed E-state index contributed by atoms with van der Waals surface area (Å²) >= 11 is 0. The van der Waals surface area contributed by atoms with Gasteiger partial charge in [0.1, 0.15) is 0 Å². The van der Waals surface area contributed by atoms with E-state index in [9.17, 15) is 0 Å². The molecule has 14 heavy (non-hydrogen) atoms. The highest BCUT2D eigenvalue weighted by molar-refractivity contribution is 4.65. The van der Waals surface area contributed by atoms with Gasteiger partial charge in [-0.3, -0.25) is 0 Å². The molecule has 0 bridgehead atoms. The third-order valence-corrected chi connectivity index (χ3v) is 2.79. The van der Waals surface area contributed by atoms with Gasteiger partial charge in [0.25, 0.3) is 0 Å². The highest BCUT2D eigenvalue weighted by atomic mass is 16.5. The van der Waals surface area contributed by atoms with Gasteiger partial charge in [-0.1, -0.05) is 6.92 Å². The lowest BCUT2D eigenvalue weighted by Gasteiger charge is -2.23. The fourth-order valence-corrected chi connectivity index (χ4v) is 1.98. The van der Waals surface area contributed by atoms with Crippen LogP contribution in [0.15, 0.2) is 0 Å². The van der Waals surface area contributed by atoms with Crippen LogP contribution in [0, 0.1) is 5.92 Å². The second kappa shape index (κ2) is 7.21. The number of rotatable bonds is 5. The van der Waals surface area contributed by atoms with Crippen LogP contribution in [0.25, 0.3) is 0 Å². The maximum atomic E-state index is 5.50. The summed E-state index contributed by atoms with van der Waals surface area (Å²) in [6.07, 6.45) is 3.60. The number of ether oxygens (including phenoxy) is 1. The minimum Gasteiger partial charge on any atom is -0.380 e. The molecule has 0 spiro atoms. The van der Waals surface area contributed by atoms with Crippen LogP contribution in [0.3, 0.4) is 0 Å². The van der Waals surface area contributed by atoms with E-state index in [0.29, 0.717) is 0 Å². The predicted molar refractivity (Wildman–Crippen MR) is 59.3 cm³/mol. The lowest BCUT2D eigenvalue weighted by molar-refractivity contribution is 0.138. The van der Waals surface area contributed by atoms with Crippen molar-refractivity contribution in [1.29, 1.82) is 0 Å². The maximum Gasteiger partial charge on any atom is 0.0593 e. The first-order chi connectivity index (χ1) is 6.83. The largest absolute Gasteiger partial charge is 0.380 e. The lowest BCUT2D eigenvalue weighted by Crippen LogP contribution is -2.31. The summed E-state index contributed by atoms with van der Waals surface area (Å²) < 4.78 is 5.43. The van der Waals surface area contributed by atoms with Gasteiger partial charge in [-0.05, 0) is 31.7 Å². The van der Waals surface area contributed by atoms with Crippen LogP contribution in [0.2, 0.25) is 0 Å². The molecule has 0 saturated carbocycles. The molecule has 1 heterocycles. The predicted octanol–water partition coefficient (Wildman–Crippen LogP) is 1.08. The number of nitrogens with zero attached hydrogens (tertiary/aromatic N) is 1. The van der Waals surface area contributed by atoms with E-state index in [1.807, 2.05) is 0 Å². The van der Waals surface area contributed by atoms with Crippen LogP contribution in [0.1, 0.15) is 26.2 Å². The summed E-state index contributed by atoms with van der Waals surface area (Å²) in [4.78, 5) is 2.52. The summed E-state index contributed by atoms with van der Waals surface area (Å²) in [7, 11) is 0. The molecule has 1 aliphatic heterocycles. The Labute approximate surface area is 87.6 Å². The van der Waals surface area contributed by atoms with Crippen molar-refractivity contribution in [3.8, 4) is 0 Å². The fourth-order valence-electron chi connectivity index (χ4n) is 1.98. The Morgan fingerprint density at radius 2 is 2.21 bits per heavy atom. The zero-order valence-electron chi connectivity index (χ0n) is 9.37. The zero-order chi connectivity index (χ0) is 10.2. The molecule has 2 N–H and O–H groups in total. The summed E-state index contributed by atoms with van der Waals surface area (Å²) in [6, 6.07) is 0. The molecular weight excluding hydrogens is 176 g/mol. The van der Waals surface area contributed by atoms with Crippen molar-refractivity contribution >= 4 is 0 Å². The normalized spacial score (nSPS) is 21.9. The van der Waals surface area contributed by atoms with Crippen LogP contribution >= 0.6 is 0 Å². The summed E-state index contributed by atoms with van der Waals surface area (Å²) in [5.41, 5.74) is 5.50. The molecule has 1 unspecified atom stereocenters.